The monoisotopic (exact) mass is 395 g/mol. The number of fused-ring (bicyclic) bond motifs is 4. The van der Waals surface area contributed by atoms with Crippen molar-refractivity contribution in [3.8, 4) is 0 Å². The smallest absolute Gasteiger partial charge is 0.260 e. The van der Waals surface area contributed by atoms with Crippen molar-refractivity contribution in [2.24, 2.45) is 11.8 Å². The van der Waals surface area contributed by atoms with Crippen LogP contribution in [0.4, 0.5) is 0 Å². The summed E-state index contributed by atoms with van der Waals surface area (Å²) in [5, 5.41) is 0. The van der Waals surface area contributed by atoms with Crippen LogP contribution in [0, 0.1) is 18.8 Å². The average molecular weight is 396 g/mol. The van der Waals surface area contributed by atoms with Crippen LogP contribution >= 0.6 is 0 Å². The minimum Gasteiger partial charge on any atom is -0.337 e. The Morgan fingerprint density at radius 2 is 1.97 bits per heavy atom. The fraction of sp³-hybridized carbons (Fsp3) is 0.522. The van der Waals surface area contributed by atoms with Crippen LogP contribution in [0.15, 0.2) is 39.9 Å². The van der Waals surface area contributed by atoms with Gasteiger partial charge >= 0.3 is 0 Å². The number of hydrogen-bond donors (Lipinski definition) is 1. The summed E-state index contributed by atoms with van der Waals surface area (Å²) in [5.74, 6) is 0.707. The van der Waals surface area contributed by atoms with E-state index in [1.54, 1.807) is 25.1 Å². The fourth-order valence-electron chi connectivity index (χ4n) is 4.99. The van der Waals surface area contributed by atoms with E-state index in [1.165, 1.54) is 0 Å². The zero-order chi connectivity index (χ0) is 20.7. The number of aromatic amines is 1. The number of pyridine rings is 2. The van der Waals surface area contributed by atoms with Crippen molar-refractivity contribution in [1.82, 2.24) is 14.5 Å². The maximum absolute atomic E-state index is 13.2. The van der Waals surface area contributed by atoms with Crippen molar-refractivity contribution in [3.63, 3.8) is 0 Å². The normalized spacial score (nSPS) is 23.2. The Balaban J connectivity index is 1.68. The molecule has 0 radical (unpaired) electrons. The Hall–Kier alpha value is -2.63. The second-order valence-electron chi connectivity index (χ2n) is 8.98. The molecule has 0 saturated carbocycles. The number of aryl methyl sites for hydroxylation is 1. The van der Waals surface area contributed by atoms with E-state index >= 15 is 0 Å². The highest BCUT2D eigenvalue weighted by Crippen LogP contribution is 2.43. The molecule has 29 heavy (non-hydrogen) atoms. The number of nitrogens with zero attached hydrogens (tertiary/aromatic N) is 2. The molecule has 1 N–H and O–H groups in total. The second kappa shape index (κ2) is 7.65. The number of piperidine rings is 1. The minimum absolute atomic E-state index is 0.0562. The molecule has 6 heteroatoms. The molecule has 154 valence electrons. The molecule has 0 aromatic carbocycles. The van der Waals surface area contributed by atoms with Crippen molar-refractivity contribution in [2.75, 3.05) is 13.1 Å². The van der Waals surface area contributed by atoms with E-state index in [4.69, 9.17) is 0 Å². The first-order valence-electron chi connectivity index (χ1n) is 10.6. The fourth-order valence-corrected chi connectivity index (χ4v) is 4.99. The van der Waals surface area contributed by atoms with Gasteiger partial charge in [-0.25, -0.2) is 0 Å². The van der Waals surface area contributed by atoms with Gasteiger partial charge in [0.2, 0.25) is 0 Å². The maximum atomic E-state index is 13.2. The van der Waals surface area contributed by atoms with Crippen molar-refractivity contribution < 1.29 is 4.79 Å². The highest BCUT2D eigenvalue weighted by Gasteiger charge is 2.41. The van der Waals surface area contributed by atoms with Crippen molar-refractivity contribution >= 4 is 5.91 Å². The lowest BCUT2D eigenvalue weighted by Gasteiger charge is -2.47. The maximum Gasteiger partial charge on any atom is 0.260 e. The second-order valence-corrected chi connectivity index (χ2v) is 8.98. The molecule has 1 fully saturated rings. The molecule has 2 bridgehead atoms. The molecule has 6 nitrogen and oxygen atoms in total. The predicted octanol–water partition coefficient (Wildman–Crippen LogP) is 3.08. The van der Waals surface area contributed by atoms with Crippen LogP contribution in [-0.4, -0.2) is 33.4 Å². The average Bonchev–Trinajstić information content (AvgIpc) is 2.67. The summed E-state index contributed by atoms with van der Waals surface area (Å²) in [7, 11) is 0. The Labute approximate surface area is 170 Å². The molecular weight excluding hydrogens is 366 g/mol. The standard InChI is InChI=1S/C23H29N3O3/c1-14(2)7-10-20-17-11-16(19-5-4-6-21(27)26(19)20)12-25(13-17)23(29)18-9-8-15(3)24-22(18)28/h4-6,8-9,14,16-17,20H,7,10-13H2,1-3H3,(H,24,28)/t16-,17+,20+/m1/s1. The molecule has 3 atom stereocenters. The molecule has 4 heterocycles. The number of amides is 1. The van der Waals surface area contributed by atoms with Gasteiger partial charge in [-0.2, -0.15) is 0 Å². The lowest BCUT2D eigenvalue weighted by Crippen LogP contribution is -2.51. The van der Waals surface area contributed by atoms with Gasteiger partial charge in [-0.15, -0.1) is 0 Å². The van der Waals surface area contributed by atoms with Gasteiger partial charge in [0.05, 0.1) is 0 Å². The summed E-state index contributed by atoms with van der Waals surface area (Å²) in [5.41, 5.74) is 1.68. The number of aromatic nitrogens is 2. The highest BCUT2D eigenvalue weighted by atomic mass is 16.2. The molecule has 0 spiro atoms. The first-order valence-corrected chi connectivity index (χ1v) is 10.6. The first kappa shape index (κ1) is 19.7. The molecule has 1 saturated heterocycles. The Morgan fingerprint density at radius 3 is 2.69 bits per heavy atom. The van der Waals surface area contributed by atoms with Gasteiger partial charge in [-0.3, -0.25) is 14.4 Å². The summed E-state index contributed by atoms with van der Waals surface area (Å²) in [6.45, 7) is 7.32. The molecule has 0 aliphatic carbocycles. The van der Waals surface area contributed by atoms with Crippen LogP contribution < -0.4 is 11.1 Å². The molecule has 2 aliphatic heterocycles. The number of hydrogen-bond acceptors (Lipinski definition) is 3. The number of likely N-dealkylation sites (tertiary alicyclic amines) is 1. The molecule has 1 amide bonds. The Morgan fingerprint density at radius 1 is 1.17 bits per heavy atom. The zero-order valence-electron chi connectivity index (χ0n) is 17.4. The summed E-state index contributed by atoms with van der Waals surface area (Å²) in [4.78, 5) is 42.7. The van der Waals surface area contributed by atoms with Crippen LogP contribution in [-0.2, 0) is 0 Å². The summed E-state index contributed by atoms with van der Waals surface area (Å²) in [6.07, 6.45) is 2.96. The topological polar surface area (TPSA) is 75.2 Å². The number of H-pyrrole nitrogens is 1. The Kier molecular flexibility index (Phi) is 5.19. The van der Waals surface area contributed by atoms with E-state index in [2.05, 4.69) is 18.8 Å². The van der Waals surface area contributed by atoms with Crippen molar-refractivity contribution in [1.29, 1.82) is 0 Å². The quantitative estimate of drug-likeness (QED) is 0.864. The van der Waals surface area contributed by atoms with Gasteiger partial charge in [0.1, 0.15) is 5.56 Å². The van der Waals surface area contributed by atoms with E-state index in [0.717, 1.165) is 30.7 Å². The molecule has 2 aliphatic rings. The van der Waals surface area contributed by atoms with Crippen molar-refractivity contribution in [3.05, 3.63) is 68.0 Å². The molecule has 2 aromatic heterocycles. The van der Waals surface area contributed by atoms with Crippen molar-refractivity contribution in [2.45, 2.75) is 52.0 Å². The molecule has 2 aromatic rings. The Bertz CT molecular complexity index is 1040. The number of carbonyl (C=O) groups excluding carboxylic acids is 1. The third kappa shape index (κ3) is 3.68. The zero-order valence-corrected chi connectivity index (χ0v) is 17.4. The van der Waals surface area contributed by atoms with E-state index in [-0.39, 0.29) is 40.5 Å². The van der Waals surface area contributed by atoms with Gasteiger partial charge in [0.25, 0.3) is 17.0 Å². The van der Waals surface area contributed by atoms with Gasteiger partial charge in [-0.1, -0.05) is 19.9 Å². The number of nitrogens with one attached hydrogen (secondary N) is 1. The van der Waals surface area contributed by atoms with Gasteiger partial charge in [0.15, 0.2) is 0 Å². The number of rotatable bonds is 4. The number of carbonyl (C=O) groups is 1. The summed E-state index contributed by atoms with van der Waals surface area (Å²) in [6, 6.07) is 8.97. The highest BCUT2D eigenvalue weighted by molar-refractivity contribution is 5.94. The van der Waals surface area contributed by atoms with Crippen LogP contribution in [0.2, 0.25) is 0 Å². The van der Waals surface area contributed by atoms with Crippen LogP contribution in [0.1, 0.15) is 66.8 Å². The molecule has 0 unspecified atom stereocenters. The van der Waals surface area contributed by atoms with Gasteiger partial charge in [0, 0.05) is 42.5 Å². The third-order valence-corrected chi connectivity index (χ3v) is 6.41. The third-order valence-electron chi connectivity index (χ3n) is 6.41. The molecular formula is C23H29N3O3. The van der Waals surface area contributed by atoms with Crippen LogP contribution in [0.25, 0.3) is 0 Å². The van der Waals surface area contributed by atoms with Crippen LogP contribution in [0.3, 0.4) is 0 Å². The van der Waals surface area contributed by atoms with Crippen LogP contribution in [0.5, 0.6) is 0 Å². The predicted molar refractivity (Wildman–Crippen MR) is 112 cm³/mol. The van der Waals surface area contributed by atoms with E-state index in [1.807, 2.05) is 21.6 Å². The summed E-state index contributed by atoms with van der Waals surface area (Å²) < 4.78 is 1.99. The molecule has 4 rings (SSSR count). The van der Waals surface area contributed by atoms with E-state index < -0.39 is 0 Å². The minimum atomic E-state index is -0.335. The summed E-state index contributed by atoms with van der Waals surface area (Å²) >= 11 is 0. The van der Waals surface area contributed by atoms with E-state index in [0.29, 0.717) is 19.0 Å². The van der Waals surface area contributed by atoms with Gasteiger partial charge < -0.3 is 14.5 Å². The largest absolute Gasteiger partial charge is 0.337 e. The lowest BCUT2D eigenvalue weighted by molar-refractivity contribution is 0.0512. The first-order chi connectivity index (χ1) is 13.8. The van der Waals surface area contributed by atoms with Gasteiger partial charge in [-0.05, 0) is 56.2 Å². The van der Waals surface area contributed by atoms with E-state index in [9.17, 15) is 14.4 Å². The lowest BCUT2D eigenvalue weighted by atomic mass is 9.76. The SMILES string of the molecule is Cc1ccc(C(=O)N2C[C@H]3C[C@@H](C2)[C@H](CCC(C)C)n2c3cccc2=O)c(=O)[nH]1.